The zero-order valence-electron chi connectivity index (χ0n) is 15.2. The first kappa shape index (κ1) is 20.5. The summed E-state index contributed by atoms with van der Waals surface area (Å²) in [7, 11) is 0. The SMILES string of the molecule is O=C(O)C(F)(F)F.c1ccc2c(c1)CCN(Cc1ccccc1-c1nn[nH]n1)C2. The highest BCUT2D eigenvalue weighted by Crippen LogP contribution is 2.24. The summed E-state index contributed by atoms with van der Waals surface area (Å²) >= 11 is 0. The maximum absolute atomic E-state index is 10.6. The van der Waals surface area contributed by atoms with Crippen LogP contribution < -0.4 is 0 Å². The van der Waals surface area contributed by atoms with E-state index in [9.17, 15) is 13.2 Å². The van der Waals surface area contributed by atoms with E-state index in [2.05, 4.69) is 68.0 Å². The van der Waals surface area contributed by atoms with Crippen LogP contribution in [0.15, 0.2) is 48.5 Å². The summed E-state index contributed by atoms with van der Waals surface area (Å²) in [6.07, 6.45) is -3.97. The third-order valence-corrected chi connectivity index (χ3v) is 4.45. The predicted molar refractivity (Wildman–Crippen MR) is 97.6 cm³/mol. The zero-order valence-corrected chi connectivity index (χ0v) is 15.2. The van der Waals surface area contributed by atoms with Gasteiger partial charge in [-0.15, -0.1) is 10.2 Å². The van der Waals surface area contributed by atoms with Crippen LogP contribution in [0, 0.1) is 0 Å². The van der Waals surface area contributed by atoms with Gasteiger partial charge in [-0.2, -0.15) is 18.4 Å². The lowest BCUT2D eigenvalue weighted by Crippen LogP contribution is -2.30. The Morgan fingerprint density at radius 1 is 1.10 bits per heavy atom. The van der Waals surface area contributed by atoms with Gasteiger partial charge in [-0.1, -0.05) is 48.5 Å². The van der Waals surface area contributed by atoms with Crippen LogP contribution in [0.5, 0.6) is 0 Å². The van der Waals surface area contributed by atoms with Crippen LogP contribution in [-0.2, 0) is 24.3 Å². The van der Waals surface area contributed by atoms with Crippen molar-refractivity contribution in [2.75, 3.05) is 6.54 Å². The van der Waals surface area contributed by atoms with Crippen molar-refractivity contribution >= 4 is 5.97 Å². The molecule has 2 heterocycles. The Morgan fingerprint density at radius 2 is 1.76 bits per heavy atom. The molecular weight excluding hydrogens is 387 g/mol. The van der Waals surface area contributed by atoms with Crippen molar-refractivity contribution in [3.05, 3.63) is 65.2 Å². The van der Waals surface area contributed by atoms with E-state index < -0.39 is 12.1 Å². The third-order valence-electron chi connectivity index (χ3n) is 4.45. The molecule has 0 radical (unpaired) electrons. The minimum absolute atomic E-state index is 0.660. The van der Waals surface area contributed by atoms with Gasteiger partial charge >= 0.3 is 12.1 Å². The number of aliphatic carboxylic acids is 1. The van der Waals surface area contributed by atoms with Crippen LogP contribution in [0.3, 0.4) is 0 Å². The molecule has 0 saturated heterocycles. The lowest BCUT2D eigenvalue weighted by molar-refractivity contribution is -0.192. The fraction of sp³-hybridized carbons (Fsp3) is 0.263. The second-order valence-corrected chi connectivity index (χ2v) is 6.42. The van der Waals surface area contributed by atoms with Crippen molar-refractivity contribution in [3.8, 4) is 11.4 Å². The summed E-state index contributed by atoms with van der Waals surface area (Å²) in [4.78, 5) is 11.4. The number of tetrazole rings is 1. The van der Waals surface area contributed by atoms with Gasteiger partial charge in [0.05, 0.1) is 0 Å². The van der Waals surface area contributed by atoms with Crippen molar-refractivity contribution in [2.24, 2.45) is 0 Å². The molecule has 1 aliphatic rings. The monoisotopic (exact) mass is 405 g/mol. The molecule has 7 nitrogen and oxygen atoms in total. The summed E-state index contributed by atoms with van der Waals surface area (Å²) in [5.74, 6) is -2.10. The van der Waals surface area contributed by atoms with Crippen LogP contribution in [-0.4, -0.2) is 49.3 Å². The number of carboxylic acids is 1. The Balaban J connectivity index is 0.000000298. The zero-order chi connectivity index (χ0) is 20.9. The quantitative estimate of drug-likeness (QED) is 0.696. The standard InChI is InChI=1S/C17H17N5.C2HF3O2/c1-2-6-14-11-22(10-9-13(14)5-1)12-15-7-3-4-8-16(15)17-18-20-21-19-17;3-2(4,5)1(6)7/h1-8H,9-12H2,(H,18,19,20,21);(H,6,7). The predicted octanol–water partition coefficient (Wildman–Crippen LogP) is 3.06. The van der Waals surface area contributed by atoms with Crippen molar-refractivity contribution in [1.29, 1.82) is 0 Å². The van der Waals surface area contributed by atoms with Gasteiger partial charge in [0.1, 0.15) is 0 Å². The average molecular weight is 405 g/mol. The molecule has 152 valence electrons. The van der Waals surface area contributed by atoms with Crippen molar-refractivity contribution in [1.82, 2.24) is 25.5 Å². The first-order valence-electron chi connectivity index (χ1n) is 8.75. The fourth-order valence-corrected chi connectivity index (χ4v) is 3.08. The maximum Gasteiger partial charge on any atom is 0.490 e. The number of halogens is 3. The number of H-pyrrole nitrogens is 1. The third kappa shape index (κ3) is 5.38. The Morgan fingerprint density at radius 3 is 2.41 bits per heavy atom. The van der Waals surface area contributed by atoms with Gasteiger partial charge in [-0.05, 0) is 28.3 Å². The summed E-state index contributed by atoms with van der Waals surface area (Å²) < 4.78 is 31.7. The molecule has 2 aromatic carbocycles. The van der Waals surface area contributed by atoms with E-state index in [1.807, 2.05) is 6.07 Å². The van der Waals surface area contributed by atoms with Gasteiger partial charge in [-0.25, -0.2) is 4.79 Å². The van der Waals surface area contributed by atoms with E-state index in [0.717, 1.165) is 31.6 Å². The van der Waals surface area contributed by atoms with E-state index in [4.69, 9.17) is 9.90 Å². The molecule has 1 aromatic heterocycles. The highest BCUT2D eigenvalue weighted by atomic mass is 19.4. The summed E-state index contributed by atoms with van der Waals surface area (Å²) in [5.41, 5.74) is 5.20. The number of benzene rings is 2. The lowest BCUT2D eigenvalue weighted by Gasteiger charge is -2.29. The largest absolute Gasteiger partial charge is 0.490 e. The van der Waals surface area contributed by atoms with Crippen LogP contribution in [0.25, 0.3) is 11.4 Å². The number of aromatic amines is 1. The molecule has 29 heavy (non-hydrogen) atoms. The number of fused-ring (bicyclic) bond motifs is 1. The van der Waals surface area contributed by atoms with Crippen molar-refractivity contribution < 1.29 is 23.1 Å². The first-order valence-corrected chi connectivity index (χ1v) is 8.75. The van der Waals surface area contributed by atoms with E-state index in [-0.39, 0.29) is 0 Å². The second kappa shape index (κ2) is 8.82. The molecule has 3 aromatic rings. The van der Waals surface area contributed by atoms with Crippen LogP contribution >= 0.6 is 0 Å². The molecule has 0 saturated carbocycles. The Hall–Kier alpha value is -3.27. The minimum atomic E-state index is -5.08. The number of alkyl halides is 3. The first-order chi connectivity index (χ1) is 13.8. The molecule has 0 unspecified atom stereocenters. The molecule has 0 aliphatic carbocycles. The molecule has 1 aliphatic heterocycles. The molecule has 0 spiro atoms. The smallest absolute Gasteiger partial charge is 0.475 e. The Labute approximate surface area is 164 Å². The van der Waals surface area contributed by atoms with Gasteiger partial charge in [-0.3, -0.25) is 4.90 Å². The number of nitrogens with one attached hydrogen (secondary N) is 1. The van der Waals surface area contributed by atoms with Crippen LogP contribution in [0.1, 0.15) is 16.7 Å². The maximum atomic E-state index is 10.6. The van der Waals surface area contributed by atoms with E-state index in [1.165, 1.54) is 16.7 Å². The number of aromatic nitrogens is 4. The average Bonchev–Trinajstić information content (AvgIpc) is 3.23. The second-order valence-electron chi connectivity index (χ2n) is 6.42. The molecule has 0 fully saturated rings. The van der Waals surface area contributed by atoms with Gasteiger partial charge in [0.25, 0.3) is 0 Å². The van der Waals surface area contributed by atoms with Crippen molar-refractivity contribution in [3.63, 3.8) is 0 Å². The molecule has 0 amide bonds. The number of hydrogen-bond donors (Lipinski definition) is 2. The van der Waals surface area contributed by atoms with E-state index in [1.54, 1.807) is 0 Å². The number of rotatable bonds is 3. The molecular formula is C19H18F3N5O2. The number of hydrogen-bond acceptors (Lipinski definition) is 5. The van der Waals surface area contributed by atoms with Gasteiger partial charge in [0, 0.05) is 25.2 Å². The minimum Gasteiger partial charge on any atom is -0.475 e. The molecule has 0 bridgehead atoms. The molecule has 10 heteroatoms. The summed E-state index contributed by atoms with van der Waals surface area (Å²) in [5, 5.41) is 21.5. The number of nitrogens with zero attached hydrogens (tertiary/aromatic N) is 4. The molecule has 2 N–H and O–H groups in total. The highest BCUT2D eigenvalue weighted by molar-refractivity contribution is 5.73. The van der Waals surface area contributed by atoms with Gasteiger partial charge in [0.2, 0.25) is 5.82 Å². The Bertz CT molecular complexity index is 960. The number of carbonyl (C=O) groups is 1. The van der Waals surface area contributed by atoms with Gasteiger partial charge in [0.15, 0.2) is 0 Å². The van der Waals surface area contributed by atoms with Crippen molar-refractivity contribution in [2.45, 2.75) is 25.7 Å². The van der Waals surface area contributed by atoms with Crippen LogP contribution in [0.4, 0.5) is 13.2 Å². The number of carboxylic acid groups (broad SMARTS) is 1. The molecule has 0 atom stereocenters. The van der Waals surface area contributed by atoms with Crippen LogP contribution in [0.2, 0.25) is 0 Å². The lowest BCUT2D eigenvalue weighted by atomic mass is 9.98. The van der Waals surface area contributed by atoms with E-state index >= 15 is 0 Å². The highest BCUT2D eigenvalue weighted by Gasteiger charge is 2.38. The topological polar surface area (TPSA) is 95.0 Å². The fourth-order valence-electron chi connectivity index (χ4n) is 3.08. The van der Waals surface area contributed by atoms with E-state index in [0.29, 0.717) is 5.82 Å². The molecule has 4 rings (SSSR count). The Kier molecular flexibility index (Phi) is 6.23. The summed E-state index contributed by atoms with van der Waals surface area (Å²) in [6, 6.07) is 17.0. The summed E-state index contributed by atoms with van der Waals surface area (Å²) in [6.45, 7) is 2.98. The van der Waals surface area contributed by atoms with Gasteiger partial charge < -0.3 is 5.11 Å². The normalized spacial score (nSPS) is 13.9.